The third-order valence-electron chi connectivity index (χ3n) is 2.87. The molecule has 1 aromatic carbocycles. The Morgan fingerprint density at radius 3 is 3.00 bits per heavy atom. The van der Waals surface area contributed by atoms with Gasteiger partial charge in [0.1, 0.15) is 0 Å². The number of amides is 1. The Labute approximate surface area is 117 Å². The zero-order valence-electron chi connectivity index (χ0n) is 11.2. The number of nitrogen functional groups attached to an aromatic ring is 1. The number of nitrogens with one attached hydrogen (secondary N) is 1. The molecule has 5 nitrogen and oxygen atoms in total. The smallest absolute Gasteiger partial charge is 0.272 e. The van der Waals surface area contributed by atoms with Crippen molar-refractivity contribution in [1.29, 1.82) is 0 Å². The monoisotopic (exact) mass is 268 g/mol. The number of hydrogen-bond acceptors (Lipinski definition) is 3. The Balaban J connectivity index is 2.17. The van der Waals surface area contributed by atoms with Crippen LogP contribution in [0.1, 0.15) is 23.8 Å². The van der Waals surface area contributed by atoms with E-state index in [-0.39, 0.29) is 11.9 Å². The number of aromatic nitrogens is 2. The number of anilines is 1. The van der Waals surface area contributed by atoms with Gasteiger partial charge in [-0.1, -0.05) is 18.9 Å². The number of benzene rings is 1. The minimum atomic E-state index is -0.280. The number of carbonyl (C=O) groups is 1. The first-order valence-electron chi connectivity index (χ1n) is 6.32. The molecule has 0 spiro atoms. The van der Waals surface area contributed by atoms with Crippen LogP contribution in [-0.2, 0) is 0 Å². The molecule has 0 radical (unpaired) electrons. The summed E-state index contributed by atoms with van der Waals surface area (Å²) in [5, 5.41) is 6.96. The molecule has 0 fully saturated rings. The third kappa shape index (κ3) is 2.98. The summed E-state index contributed by atoms with van der Waals surface area (Å²) < 4.78 is 1.60. The lowest BCUT2D eigenvalue weighted by atomic mass is 10.2. The van der Waals surface area contributed by atoms with Crippen molar-refractivity contribution >= 4 is 11.6 Å². The third-order valence-corrected chi connectivity index (χ3v) is 2.87. The van der Waals surface area contributed by atoms with E-state index in [0.717, 1.165) is 5.69 Å². The number of carbonyl (C=O) groups excluding carboxylic acids is 1. The van der Waals surface area contributed by atoms with Gasteiger partial charge in [-0.05, 0) is 30.7 Å². The van der Waals surface area contributed by atoms with E-state index in [4.69, 9.17) is 12.2 Å². The Morgan fingerprint density at radius 2 is 2.35 bits per heavy atom. The maximum Gasteiger partial charge on any atom is 0.272 e. The van der Waals surface area contributed by atoms with Gasteiger partial charge in [-0.25, -0.2) is 4.68 Å². The molecule has 0 aliphatic heterocycles. The second-order valence-electron chi connectivity index (χ2n) is 4.34. The molecule has 0 saturated heterocycles. The number of rotatable bonds is 4. The standard InChI is InChI=1S/C15H16N4O/c1-3-12(4-2)17-15(20)14-8-9-19(18-14)13-7-5-6-11(16)10-13/h1,5-10,12H,4,16H2,2H3,(H,17,20). The Bertz CT molecular complexity index is 654. The van der Waals surface area contributed by atoms with Crippen LogP contribution in [0.3, 0.4) is 0 Å². The van der Waals surface area contributed by atoms with Gasteiger partial charge in [-0.3, -0.25) is 4.79 Å². The summed E-state index contributed by atoms with van der Waals surface area (Å²) in [7, 11) is 0. The maximum absolute atomic E-state index is 12.0. The van der Waals surface area contributed by atoms with Crippen LogP contribution < -0.4 is 11.1 Å². The Hall–Kier alpha value is -2.74. The summed E-state index contributed by atoms with van der Waals surface area (Å²) in [5.41, 5.74) is 7.48. The molecule has 0 aliphatic rings. The molecule has 102 valence electrons. The largest absolute Gasteiger partial charge is 0.399 e. The van der Waals surface area contributed by atoms with Gasteiger partial charge in [0.15, 0.2) is 5.69 Å². The molecule has 0 bridgehead atoms. The van der Waals surface area contributed by atoms with Crippen molar-refractivity contribution in [1.82, 2.24) is 15.1 Å². The second kappa shape index (κ2) is 5.93. The summed E-state index contributed by atoms with van der Waals surface area (Å²) in [6.07, 6.45) is 7.71. The lowest BCUT2D eigenvalue weighted by molar-refractivity contribution is 0.0939. The van der Waals surface area contributed by atoms with Gasteiger partial charge in [0, 0.05) is 11.9 Å². The van der Waals surface area contributed by atoms with Gasteiger partial charge in [0.05, 0.1) is 11.7 Å². The van der Waals surface area contributed by atoms with Gasteiger partial charge < -0.3 is 11.1 Å². The van der Waals surface area contributed by atoms with E-state index in [1.807, 2.05) is 19.1 Å². The van der Waals surface area contributed by atoms with Crippen LogP contribution in [0.4, 0.5) is 5.69 Å². The minimum absolute atomic E-state index is 0.278. The fourth-order valence-electron chi connectivity index (χ4n) is 1.75. The summed E-state index contributed by atoms with van der Waals surface area (Å²) in [4.78, 5) is 12.0. The van der Waals surface area contributed by atoms with Crippen molar-refractivity contribution in [3.63, 3.8) is 0 Å². The molecule has 0 aliphatic carbocycles. The second-order valence-corrected chi connectivity index (χ2v) is 4.34. The van der Waals surface area contributed by atoms with Crippen molar-refractivity contribution in [2.75, 3.05) is 5.73 Å². The molecule has 1 amide bonds. The summed E-state index contributed by atoms with van der Waals surface area (Å²) in [6.45, 7) is 1.91. The van der Waals surface area contributed by atoms with Crippen LogP contribution in [0.15, 0.2) is 36.5 Å². The van der Waals surface area contributed by atoms with E-state index in [1.54, 1.807) is 29.1 Å². The van der Waals surface area contributed by atoms with Crippen molar-refractivity contribution in [2.45, 2.75) is 19.4 Å². The predicted octanol–water partition coefficient (Wildman–Crippen LogP) is 1.60. The number of terminal acetylenes is 1. The number of hydrogen-bond donors (Lipinski definition) is 2. The molecule has 0 saturated carbocycles. The Kier molecular flexibility index (Phi) is 4.06. The average molecular weight is 268 g/mol. The topological polar surface area (TPSA) is 72.9 Å². The quantitative estimate of drug-likeness (QED) is 0.653. The molecule has 1 aromatic heterocycles. The molecule has 5 heteroatoms. The van der Waals surface area contributed by atoms with Crippen LogP contribution in [0.25, 0.3) is 5.69 Å². The van der Waals surface area contributed by atoms with Crippen LogP contribution >= 0.6 is 0 Å². The van der Waals surface area contributed by atoms with Gasteiger partial charge in [0.2, 0.25) is 0 Å². The maximum atomic E-state index is 12.0. The average Bonchev–Trinajstić information content (AvgIpc) is 2.94. The summed E-state index contributed by atoms with van der Waals surface area (Å²) >= 11 is 0. The van der Waals surface area contributed by atoms with Crippen molar-refractivity contribution in [2.24, 2.45) is 0 Å². The zero-order chi connectivity index (χ0) is 14.5. The minimum Gasteiger partial charge on any atom is -0.399 e. The highest BCUT2D eigenvalue weighted by Gasteiger charge is 2.13. The fourth-order valence-corrected chi connectivity index (χ4v) is 1.75. The molecule has 2 rings (SSSR count). The normalized spacial score (nSPS) is 11.6. The summed E-state index contributed by atoms with van der Waals surface area (Å²) in [6, 6.07) is 8.63. The van der Waals surface area contributed by atoms with E-state index in [9.17, 15) is 4.79 Å². The molecule has 1 atom stereocenters. The van der Waals surface area contributed by atoms with Gasteiger partial charge >= 0.3 is 0 Å². The molecule has 1 unspecified atom stereocenters. The van der Waals surface area contributed by atoms with E-state index in [2.05, 4.69) is 16.3 Å². The molecular weight excluding hydrogens is 252 g/mol. The van der Waals surface area contributed by atoms with Gasteiger partial charge in [-0.2, -0.15) is 5.10 Å². The van der Waals surface area contributed by atoms with Crippen molar-refractivity contribution in [3.8, 4) is 18.0 Å². The van der Waals surface area contributed by atoms with E-state index >= 15 is 0 Å². The van der Waals surface area contributed by atoms with Crippen LogP contribution in [0.2, 0.25) is 0 Å². The van der Waals surface area contributed by atoms with E-state index in [1.165, 1.54) is 0 Å². The summed E-state index contributed by atoms with van der Waals surface area (Å²) in [5.74, 6) is 2.24. The lowest BCUT2D eigenvalue weighted by Crippen LogP contribution is -2.33. The first-order chi connectivity index (χ1) is 9.63. The zero-order valence-corrected chi connectivity index (χ0v) is 11.2. The molecule has 1 heterocycles. The lowest BCUT2D eigenvalue weighted by Gasteiger charge is -2.08. The van der Waals surface area contributed by atoms with E-state index in [0.29, 0.717) is 17.8 Å². The highest BCUT2D eigenvalue weighted by atomic mass is 16.2. The fraction of sp³-hybridized carbons (Fsp3) is 0.200. The predicted molar refractivity (Wildman–Crippen MR) is 78.4 cm³/mol. The Morgan fingerprint density at radius 1 is 1.55 bits per heavy atom. The van der Waals surface area contributed by atoms with Crippen LogP contribution in [-0.4, -0.2) is 21.7 Å². The van der Waals surface area contributed by atoms with Crippen LogP contribution in [0, 0.1) is 12.3 Å². The van der Waals surface area contributed by atoms with Gasteiger partial charge in [0.25, 0.3) is 5.91 Å². The highest BCUT2D eigenvalue weighted by Crippen LogP contribution is 2.11. The van der Waals surface area contributed by atoms with Crippen molar-refractivity contribution in [3.05, 3.63) is 42.2 Å². The molecule has 2 aromatic rings. The van der Waals surface area contributed by atoms with Crippen LogP contribution in [0.5, 0.6) is 0 Å². The van der Waals surface area contributed by atoms with Gasteiger partial charge in [-0.15, -0.1) is 6.42 Å². The SMILES string of the molecule is C#CC(CC)NC(=O)c1ccn(-c2cccc(N)c2)n1. The molecule has 20 heavy (non-hydrogen) atoms. The first kappa shape index (κ1) is 13.7. The molecular formula is C15H16N4O. The number of nitrogens with two attached hydrogens (primary N) is 1. The van der Waals surface area contributed by atoms with E-state index < -0.39 is 0 Å². The number of nitrogens with zero attached hydrogens (tertiary/aromatic N) is 2. The van der Waals surface area contributed by atoms with Crippen molar-refractivity contribution < 1.29 is 4.79 Å². The first-order valence-corrected chi connectivity index (χ1v) is 6.32. The molecule has 3 N–H and O–H groups in total. The highest BCUT2D eigenvalue weighted by molar-refractivity contribution is 5.92.